The number of hydrogen-bond acceptors (Lipinski definition) is 4. The van der Waals surface area contributed by atoms with Crippen molar-refractivity contribution in [2.75, 3.05) is 12.3 Å². The fourth-order valence-corrected chi connectivity index (χ4v) is 2.60. The van der Waals surface area contributed by atoms with E-state index < -0.39 is 10.0 Å². The van der Waals surface area contributed by atoms with Crippen LogP contribution in [0.3, 0.4) is 0 Å². The third-order valence-electron chi connectivity index (χ3n) is 2.07. The summed E-state index contributed by atoms with van der Waals surface area (Å²) in [6.07, 6.45) is 0.936. The highest BCUT2D eigenvalue weighted by Gasteiger charge is 2.10. The summed E-state index contributed by atoms with van der Waals surface area (Å²) in [7, 11) is -3.36. The number of sulfonamides is 1. The highest BCUT2D eigenvalue weighted by molar-refractivity contribution is 7.89. The van der Waals surface area contributed by atoms with Crippen LogP contribution in [0.25, 0.3) is 0 Å². The third kappa shape index (κ3) is 4.74. The van der Waals surface area contributed by atoms with Crippen LogP contribution in [-0.2, 0) is 10.0 Å². The summed E-state index contributed by atoms with van der Waals surface area (Å²) in [5.74, 6) is -0.0190. The van der Waals surface area contributed by atoms with Gasteiger partial charge in [-0.25, -0.2) is 13.6 Å². The van der Waals surface area contributed by atoms with Crippen LogP contribution in [-0.4, -0.2) is 20.7 Å². The zero-order valence-electron chi connectivity index (χ0n) is 8.64. The first-order chi connectivity index (χ1) is 7.03. The maximum Gasteiger partial charge on any atom is 0.210 e. The van der Waals surface area contributed by atoms with Gasteiger partial charge in [-0.3, -0.25) is 0 Å². The number of nitrogens with two attached hydrogens (primary N) is 1. The van der Waals surface area contributed by atoms with Crippen LogP contribution in [0.4, 0.5) is 0 Å². The van der Waals surface area contributed by atoms with Crippen LogP contribution in [0.5, 0.6) is 0 Å². The van der Waals surface area contributed by atoms with Gasteiger partial charge in [-0.15, -0.1) is 11.3 Å². The summed E-state index contributed by atoms with van der Waals surface area (Å²) < 4.78 is 21.5. The monoisotopic (exact) mass is 248 g/mol. The molecule has 1 rings (SSSR count). The molecule has 0 radical (unpaired) electrons. The van der Waals surface area contributed by atoms with Crippen LogP contribution in [0.15, 0.2) is 17.5 Å². The molecule has 86 valence electrons. The molecule has 0 saturated carbocycles. The van der Waals surface area contributed by atoms with Crippen molar-refractivity contribution in [1.29, 1.82) is 0 Å². The quantitative estimate of drug-likeness (QED) is 0.791. The molecule has 1 heterocycles. The lowest BCUT2D eigenvalue weighted by molar-refractivity contribution is 0.538. The van der Waals surface area contributed by atoms with Gasteiger partial charge in [-0.2, -0.15) is 0 Å². The Morgan fingerprint density at radius 1 is 1.60 bits per heavy atom. The molecule has 1 aromatic rings. The van der Waals surface area contributed by atoms with Gasteiger partial charge in [0, 0.05) is 17.5 Å². The largest absolute Gasteiger partial charge is 0.308 e. The molecule has 0 aliphatic heterocycles. The molecule has 3 N–H and O–H groups in total. The van der Waals surface area contributed by atoms with Gasteiger partial charge in [0.05, 0.1) is 5.75 Å². The second kappa shape index (κ2) is 5.60. The highest BCUT2D eigenvalue weighted by Crippen LogP contribution is 2.21. The SMILES string of the molecule is CCC(NCCS(N)(=O)=O)c1cccs1. The fourth-order valence-electron chi connectivity index (χ4n) is 1.31. The minimum atomic E-state index is -3.36. The van der Waals surface area contributed by atoms with E-state index in [1.165, 1.54) is 4.88 Å². The Balaban J connectivity index is 2.42. The summed E-state index contributed by atoms with van der Waals surface area (Å²) >= 11 is 1.67. The average molecular weight is 248 g/mol. The molecule has 1 aromatic heterocycles. The van der Waals surface area contributed by atoms with Gasteiger partial charge in [0.25, 0.3) is 0 Å². The molecule has 15 heavy (non-hydrogen) atoms. The molecule has 0 aliphatic rings. The maximum absolute atomic E-state index is 10.7. The lowest BCUT2D eigenvalue weighted by Crippen LogP contribution is -2.29. The minimum Gasteiger partial charge on any atom is -0.308 e. The number of primary sulfonamides is 1. The Kier molecular flexibility index (Phi) is 4.72. The van der Waals surface area contributed by atoms with Crippen molar-refractivity contribution in [3.63, 3.8) is 0 Å². The fraction of sp³-hybridized carbons (Fsp3) is 0.556. The lowest BCUT2D eigenvalue weighted by atomic mass is 10.2. The van der Waals surface area contributed by atoms with Gasteiger partial charge >= 0.3 is 0 Å². The van der Waals surface area contributed by atoms with E-state index in [1.54, 1.807) is 11.3 Å². The Hall–Kier alpha value is -0.430. The van der Waals surface area contributed by atoms with Crippen molar-refractivity contribution in [2.45, 2.75) is 19.4 Å². The first-order valence-electron chi connectivity index (χ1n) is 4.80. The van der Waals surface area contributed by atoms with Gasteiger partial charge in [-0.05, 0) is 17.9 Å². The Bertz CT molecular complexity index is 373. The predicted molar refractivity (Wildman–Crippen MR) is 63.3 cm³/mol. The predicted octanol–water partition coefficient (Wildman–Crippen LogP) is 1.08. The highest BCUT2D eigenvalue weighted by atomic mass is 32.2. The molecular weight excluding hydrogens is 232 g/mol. The summed E-state index contributed by atoms with van der Waals surface area (Å²) in [4.78, 5) is 1.23. The van der Waals surface area contributed by atoms with Crippen molar-refractivity contribution in [3.05, 3.63) is 22.4 Å². The molecule has 0 aromatic carbocycles. The van der Waals surface area contributed by atoms with E-state index in [0.29, 0.717) is 6.54 Å². The van der Waals surface area contributed by atoms with Crippen molar-refractivity contribution in [1.82, 2.24) is 5.32 Å². The van der Waals surface area contributed by atoms with Crippen LogP contribution in [0, 0.1) is 0 Å². The Morgan fingerprint density at radius 3 is 2.80 bits per heavy atom. The van der Waals surface area contributed by atoms with Crippen LogP contribution >= 0.6 is 11.3 Å². The van der Waals surface area contributed by atoms with Gasteiger partial charge in [0.2, 0.25) is 10.0 Å². The van der Waals surface area contributed by atoms with Gasteiger partial charge in [0.1, 0.15) is 0 Å². The number of rotatable bonds is 6. The second-order valence-electron chi connectivity index (χ2n) is 3.30. The lowest BCUT2D eigenvalue weighted by Gasteiger charge is -2.14. The standard InChI is InChI=1S/C9H16N2O2S2/c1-2-8(9-4-3-6-14-9)11-5-7-15(10,12)13/h3-4,6,8,11H,2,5,7H2,1H3,(H2,10,12,13). The summed E-state index contributed by atoms with van der Waals surface area (Å²) in [5, 5.41) is 10.1. The maximum atomic E-state index is 10.7. The zero-order valence-corrected chi connectivity index (χ0v) is 10.3. The smallest absolute Gasteiger partial charge is 0.210 e. The van der Waals surface area contributed by atoms with Gasteiger partial charge in [0.15, 0.2) is 0 Å². The summed E-state index contributed by atoms with van der Waals surface area (Å²) in [5.41, 5.74) is 0. The van der Waals surface area contributed by atoms with Crippen molar-refractivity contribution >= 4 is 21.4 Å². The van der Waals surface area contributed by atoms with Crippen molar-refractivity contribution in [3.8, 4) is 0 Å². The zero-order chi connectivity index (χ0) is 11.3. The van der Waals surface area contributed by atoms with Crippen LogP contribution < -0.4 is 10.5 Å². The van der Waals surface area contributed by atoms with Gasteiger partial charge in [-0.1, -0.05) is 13.0 Å². The van der Waals surface area contributed by atoms with Crippen LogP contribution in [0.2, 0.25) is 0 Å². The number of hydrogen-bond donors (Lipinski definition) is 2. The van der Waals surface area contributed by atoms with Gasteiger partial charge < -0.3 is 5.32 Å². The number of nitrogens with one attached hydrogen (secondary N) is 1. The van der Waals surface area contributed by atoms with E-state index in [2.05, 4.69) is 12.2 Å². The number of thiophene rings is 1. The topological polar surface area (TPSA) is 72.2 Å². The molecule has 6 heteroatoms. The van der Waals surface area contributed by atoms with Crippen molar-refractivity contribution in [2.24, 2.45) is 5.14 Å². The Labute approximate surface area is 94.5 Å². The average Bonchev–Trinajstić information content (AvgIpc) is 2.63. The molecule has 0 aliphatic carbocycles. The molecule has 1 atom stereocenters. The Morgan fingerprint density at radius 2 is 2.33 bits per heavy atom. The third-order valence-corrected chi connectivity index (χ3v) is 3.83. The summed E-state index contributed by atoms with van der Waals surface area (Å²) in [6.45, 7) is 2.46. The molecule has 0 amide bonds. The van der Waals surface area contributed by atoms with E-state index in [4.69, 9.17) is 5.14 Å². The normalized spacial score (nSPS) is 14.0. The molecule has 0 saturated heterocycles. The first kappa shape index (κ1) is 12.6. The van der Waals surface area contributed by atoms with Crippen molar-refractivity contribution < 1.29 is 8.42 Å². The molecular formula is C9H16N2O2S2. The first-order valence-corrected chi connectivity index (χ1v) is 7.39. The molecule has 4 nitrogen and oxygen atoms in total. The molecule has 0 spiro atoms. The van der Waals surface area contributed by atoms with E-state index in [9.17, 15) is 8.42 Å². The second-order valence-corrected chi connectivity index (χ2v) is 6.01. The minimum absolute atomic E-state index is 0.0190. The van der Waals surface area contributed by atoms with E-state index in [-0.39, 0.29) is 11.8 Å². The summed E-state index contributed by atoms with van der Waals surface area (Å²) in [6, 6.07) is 4.26. The van der Waals surface area contributed by atoms with E-state index in [1.807, 2.05) is 17.5 Å². The molecule has 1 unspecified atom stereocenters. The van der Waals surface area contributed by atoms with Crippen LogP contribution in [0.1, 0.15) is 24.3 Å². The molecule has 0 bridgehead atoms. The van der Waals surface area contributed by atoms with E-state index in [0.717, 1.165) is 6.42 Å². The molecule has 0 fully saturated rings. The van der Waals surface area contributed by atoms with E-state index >= 15 is 0 Å².